The van der Waals surface area contributed by atoms with Gasteiger partial charge in [0.15, 0.2) is 0 Å². The lowest BCUT2D eigenvalue weighted by Gasteiger charge is -2.08. The van der Waals surface area contributed by atoms with Gasteiger partial charge in [0, 0.05) is 11.8 Å². The minimum absolute atomic E-state index is 0.0123. The lowest BCUT2D eigenvalue weighted by Crippen LogP contribution is -2.15. The molecule has 0 aromatic heterocycles. The van der Waals surface area contributed by atoms with Gasteiger partial charge in [-0.05, 0) is 25.0 Å². The number of carbonyl (C=O) groups excluding carboxylic acids is 3. The maximum Gasteiger partial charge on any atom is 0.516 e. The molecule has 0 spiro atoms. The zero-order chi connectivity index (χ0) is 16.4. The van der Waals surface area contributed by atoms with E-state index in [-0.39, 0.29) is 17.7 Å². The molecule has 120 valence electrons. The second-order valence-electron chi connectivity index (χ2n) is 4.31. The Morgan fingerprint density at radius 3 is 2.50 bits per heavy atom. The van der Waals surface area contributed by atoms with Crippen LogP contribution in [0, 0.1) is 0 Å². The first-order valence-corrected chi connectivity index (χ1v) is 7.86. The minimum Gasteiger partial charge on any atom is -0.437 e. The third kappa shape index (κ3) is 6.26. The average Bonchev–Trinajstić information content (AvgIpc) is 2.51. The topological polar surface area (TPSA) is 78.9 Å². The Balaban J connectivity index is 2.65. The second-order valence-corrected chi connectivity index (χ2v) is 5.11. The van der Waals surface area contributed by atoms with Gasteiger partial charge in [-0.15, -0.1) is 0 Å². The van der Waals surface area contributed by atoms with Crippen LogP contribution < -0.4 is 4.74 Å². The van der Waals surface area contributed by atoms with Crippen LogP contribution >= 0.6 is 15.9 Å². The number of hydrogen-bond acceptors (Lipinski definition) is 6. The van der Waals surface area contributed by atoms with Crippen molar-refractivity contribution in [1.82, 2.24) is 0 Å². The predicted octanol–water partition coefficient (Wildman–Crippen LogP) is 3.47. The Morgan fingerprint density at radius 2 is 1.82 bits per heavy atom. The Morgan fingerprint density at radius 1 is 1.09 bits per heavy atom. The molecule has 0 saturated heterocycles. The van der Waals surface area contributed by atoms with Gasteiger partial charge >= 0.3 is 18.1 Å². The summed E-state index contributed by atoms with van der Waals surface area (Å²) in [6.07, 6.45) is 1.73. The molecule has 0 amide bonds. The molecule has 1 aromatic rings. The maximum absolute atomic E-state index is 11.8. The first-order valence-electron chi connectivity index (χ1n) is 6.74. The second kappa shape index (κ2) is 9.94. The van der Waals surface area contributed by atoms with E-state index in [1.54, 1.807) is 12.1 Å². The average molecular weight is 373 g/mol. The summed E-state index contributed by atoms with van der Waals surface area (Å²) in [7, 11) is 1.09. The number of rotatable bonds is 7. The van der Waals surface area contributed by atoms with E-state index in [1.165, 1.54) is 12.1 Å². The van der Waals surface area contributed by atoms with Crippen LogP contribution in [-0.4, -0.2) is 30.5 Å². The number of benzene rings is 1. The smallest absolute Gasteiger partial charge is 0.437 e. The van der Waals surface area contributed by atoms with Gasteiger partial charge in [-0.25, -0.2) is 9.59 Å². The SMILES string of the molecule is COC(=O)OC(=O)c1ccccc1OC(=O)CCCCCBr. The summed E-state index contributed by atoms with van der Waals surface area (Å²) >= 11 is 3.32. The van der Waals surface area contributed by atoms with Gasteiger partial charge in [-0.1, -0.05) is 34.5 Å². The van der Waals surface area contributed by atoms with E-state index in [0.717, 1.165) is 25.3 Å². The fraction of sp³-hybridized carbons (Fsp3) is 0.400. The molecule has 6 nitrogen and oxygen atoms in total. The standard InChI is InChI=1S/C15H17BrO6/c1-20-15(19)22-14(18)11-7-4-5-8-12(11)21-13(17)9-3-2-6-10-16/h4-5,7-8H,2-3,6,9-10H2,1H3. The van der Waals surface area contributed by atoms with Crippen LogP contribution in [0.5, 0.6) is 5.75 Å². The molecule has 0 aliphatic rings. The summed E-state index contributed by atoms with van der Waals surface area (Å²) in [5.74, 6) is -1.32. The number of carbonyl (C=O) groups is 3. The molecular weight excluding hydrogens is 356 g/mol. The third-order valence-corrected chi connectivity index (χ3v) is 3.25. The van der Waals surface area contributed by atoms with Gasteiger partial charge in [-0.2, -0.15) is 0 Å². The number of alkyl halides is 1. The monoisotopic (exact) mass is 372 g/mol. The Bertz CT molecular complexity index is 529. The third-order valence-electron chi connectivity index (χ3n) is 2.69. The summed E-state index contributed by atoms with van der Waals surface area (Å²) in [6.45, 7) is 0. The van der Waals surface area contributed by atoms with Crippen molar-refractivity contribution in [2.24, 2.45) is 0 Å². The number of ether oxygens (including phenoxy) is 3. The molecule has 0 aliphatic heterocycles. The van der Waals surface area contributed by atoms with E-state index >= 15 is 0 Å². The summed E-state index contributed by atoms with van der Waals surface area (Å²) < 4.78 is 13.8. The van der Waals surface area contributed by atoms with Crippen LogP contribution in [0.25, 0.3) is 0 Å². The van der Waals surface area contributed by atoms with Crippen molar-refractivity contribution >= 4 is 34.0 Å². The van der Waals surface area contributed by atoms with Crippen LogP contribution in [-0.2, 0) is 14.3 Å². The quantitative estimate of drug-likeness (QED) is 0.239. The van der Waals surface area contributed by atoms with E-state index in [9.17, 15) is 14.4 Å². The minimum atomic E-state index is -1.12. The summed E-state index contributed by atoms with van der Waals surface area (Å²) in [4.78, 5) is 34.5. The van der Waals surface area contributed by atoms with Crippen LogP contribution in [0.15, 0.2) is 24.3 Å². The summed E-state index contributed by atoms with van der Waals surface area (Å²) in [5, 5.41) is 0.893. The van der Waals surface area contributed by atoms with E-state index in [0.29, 0.717) is 6.42 Å². The highest BCUT2D eigenvalue weighted by atomic mass is 79.9. The molecule has 1 rings (SSSR count). The van der Waals surface area contributed by atoms with Crippen molar-refractivity contribution in [1.29, 1.82) is 0 Å². The number of halogens is 1. The lowest BCUT2D eigenvalue weighted by atomic mass is 10.2. The fourth-order valence-corrected chi connectivity index (χ4v) is 2.01. The molecule has 7 heteroatoms. The Kier molecular flexibility index (Phi) is 8.21. The molecule has 0 unspecified atom stereocenters. The molecular formula is C15H17BrO6. The number of methoxy groups -OCH3 is 1. The molecule has 0 aliphatic carbocycles. The molecule has 0 radical (unpaired) electrons. The van der Waals surface area contributed by atoms with Crippen LogP contribution in [0.4, 0.5) is 4.79 Å². The van der Waals surface area contributed by atoms with Gasteiger partial charge in [0.25, 0.3) is 0 Å². The van der Waals surface area contributed by atoms with Crippen LogP contribution in [0.1, 0.15) is 36.0 Å². The van der Waals surface area contributed by atoms with E-state index in [1.807, 2.05) is 0 Å². The first-order chi connectivity index (χ1) is 10.6. The van der Waals surface area contributed by atoms with Gasteiger partial charge in [0.05, 0.1) is 7.11 Å². The van der Waals surface area contributed by atoms with Crippen molar-refractivity contribution in [3.8, 4) is 5.75 Å². The van der Waals surface area contributed by atoms with E-state index < -0.39 is 18.1 Å². The molecule has 1 aromatic carbocycles. The number of unbranched alkanes of at least 4 members (excludes halogenated alkanes) is 2. The largest absolute Gasteiger partial charge is 0.516 e. The molecule has 22 heavy (non-hydrogen) atoms. The highest BCUT2D eigenvalue weighted by Gasteiger charge is 2.19. The normalized spacial score (nSPS) is 9.91. The van der Waals surface area contributed by atoms with Gasteiger partial charge < -0.3 is 14.2 Å². The van der Waals surface area contributed by atoms with Crippen molar-refractivity contribution in [3.05, 3.63) is 29.8 Å². The van der Waals surface area contributed by atoms with Gasteiger partial charge in [-0.3, -0.25) is 4.79 Å². The van der Waals surface area contributed by atoms with Crippen molar-refractivity contribution in [2.45, 2.75) is 25.7 Å². The number of esters is 2. The molecule has 0 bridgehead atoms. The zero-order valence-electron chi connectivity index (χ0n) is 12.2. The van der Waals surface area contributed by atoms with Gasteiger partial charge in [0.1, 0.15) is 11.3 Å². The van der Waals surface area contributed by atoms with Crippen LogP contribution in [0.3, 0.4) is 0 Å². The number of hydrogen-bond donors (Lipinski definition) is 0. The van der Waals surface area contributed by atoms with E-state index in [4.69, 9.17) is 4.74 Å². The molecule has 0 heterocycles. The molecule has 0 atom stereocenters. The number of para-hydroxylation sites is 1. The Hall–Kier alpha value is -1.89. The summed E-state index contributed by atoms with van der Waals surface area (Å²) in [5.41, 5.74) is -0.0123. The van der Waals surface area contributed by atoms with Crippen molar-refractivity contribution in [2.75, 3.05) is 12.4 Å². The maximum atomic E-state index is 11.8. The predicted molar refractivity (Wildman–Crippen MR) is 82.2 cm³/mol. The van der Waals surface area contributed by atoms with E-state index in [2.05, 4.69) is 25.4 Å². The highest BCUT2D eigenvalue weighted by Crippen LogP contribution is 2.20. The molecule has 0 saturated carbocycles. The molecule has 0 fully saturated rings. The zero-order valence-corrected chi connectivity index (χ0v) is 13.8. The van der Waals surface area contributed by atoms with Crippen LogP contribution in [0.2, 0.25) is 0 Å². The van der Waals surface area contributed by atoms with Crippen molar-refractivity contribution < 1.29 is 28.6 Å². The van der Waals surface area contributed by atoms with Gasteiger partial charge in [0.2, 0.25) is 0 Å². The highest BCUT2D eigenvalue weighted by molar-refractivity contribution is 9.09. The van der Waals surface area contributed by atoms with Crippen molar-refractivity contribution in [3.63, 3.8) is 0 Å². The summed E-state index contributed by atoms with van der Waals surface area (Å²) in [6, 6.07) is 6.05. The Labute approximate surface area is 136 Å². The molecule has 0 N–H and O–H groups in total. The fourth-order valence-electron chi connectivity index (χ4n) is 1.61. The lowest BCUT2D eigenvalue weighted by molar-refractivity contribution is -0.134. The first kappa shape index (κ1) is 18.2.